The van der Waals surface area contributed by atoms with E-state index in [-0.39, 0.29) is 18.9 Å². The second-order valence-electron chi connectivity index (χ2n) is 0.828. The molecule has 0 aromatic carbocycles. The van der Waals surface area contributed by atoms with E-state index in [2.05, 4.69) is 4.74 Å². The van der Waals surface area contributed by atoms with Crippen LogP contribution in [0.5, 0.6) is 0 Å². The first-order chi connectivity index (χ1) is 3.68. The van der Waals surface area contributed by atoms with Crippen LogP contribution in [0.1, 0.15) is 0 Å². The number of aliphatic carboxylic acids is 1. The molecule has 0 amide bonds. The molecule has 0 bridgehead atoms. The predicted octanol–water partition coefficient (Wildman–Crippen LogP) is -4.52. The number of carboxylic acids is 1. The predicted molar refractivity (Wildman–Crippen MR) is 21.8 cm³/mol. The average Bonchev–Trinajstić information content (AvgIpc) is 1.67. The molecule has 0 atom stereocenters. The Labute approximate surface area is 68.3 Å². The zero-order chi connectivity index (χ0) is 6.57. The first-order valence-electron chi connectivity index (χ1n) is 1.62. The van der Waals surface area contributed by atoms with Crippen molar-refractivity contribution >= 4 is 23.5 Å². The molecule has 0 heterocycles. The van der Waals surface area contributed by atoms with Crippen molar-refractivity contribution in [3.8, 4) is 0 Å². The van der Waals surface area contributed by atoms with Crippen molar-refractivity contribution in [1.82, 2.24) is 0 Å². The zero-order valence-electron chi connectivity index (χ0n) is 4.72. The summed E-state index contributed by atoms with van der Waals surface area (Å²) >= 11 is 4.81. The minimum atomic E-state index is -1.88. The molecular formula is C3H2ClLiO4. The third kappa shape index (κ3) is 5.70. The number of hydrogen-bond acceptors (Lipinski definition) is 4. The van der Waals surface area contributed by atoms with Crippen molar-refractivity contribution in [3.05, 3.63) is 0 Å². The summed E-state index contributed by atoms with van der Waals surface area (Å²) in [6.45, 7) is 0. The smallest absolute Gasteiger partial charge is 0.539 e. The van der Waals surface area contributed by atoms with Gasteiger partial charge in [0.25, 0.3) is 0 Å². The van der Waals surface area contributed by atoms with Gasteiger partial charge >= 0.3 is 24.8 Å². The van der Waals surface area contributed by atoms with Crippen LogP contribution in [0.2, 0.25) is 0 Å². The third-order valence-corrected chi connectivity index (χ3v) is 0.461. The quantitative estimate of drug-likeness (QED) is 0.161. The Hall–Kier alpha value is -0.173. The molecule has 0 spiro atoms. The summed E-state index contributed by atoms with van der Waals surface area (Å²) in [5, 5.41) is 9.44. The molecule has 0 saturated carbocycles. The van der Waals surface area contributed by atoms with Gasteiger partial charge in [-0.2, -0.15) is 0 Å². The molecule has 0 aromatic heterocycles. The first kappa shape index (κ1) is 11.6. The van der Waals surface area contributed by atoms with Crippen molar-refractivity contribution in [2.45, 2.75) is 0 Å². The van der Waals surface area contributed by atoms with Crippen LogP contribution >= 0.6 is 11.6 Å². The Morgan fingerprint density at radius 2 is 2.00 bits per heavy atom. The average molecular weight is 144 g/mol. The summed E-state index contributed by atoms with van der Waals surface area (Å²) in [4.78, 5) is 19.2. The summed E-state index contributed by atoms with van der Waals surface area (Å²) in [7, 11) is 0. The summed E-state index contributed by atoms with van der Waals surface area (Å²) in [6, 6.07) is -0.465. The second-order valence-corrected chi connectivity index (χ2v) is 1.05. The minimum Gasteiger partial charge on any atom is -0.539 e. The van der Waals surface area contributed by atoms with Gasteiger partial charge in [-0.05, 0) is 0 Å². The third-order valence-electron chi connectivity index (χ3n) is 0.352. The molecule has 0 aliphatic rings. The van der Waals surface area contributed by atoms with E-state index in [9.17, 15) is 14.7 Å². The van der Waals surface area contributed by atoms with Gasteiger partial charge in [0.2, 0.25) is 0 Å². The Morgan fingerprint density at radius 1 is 1.56 bits per heavy atom. The van der Waals surface area contributed by atoms with E-state index in [1.54, 1.807) is 0 Å². The fourth-order valence-electron chi connectivity index (χ4n) is 0.108. The molecular weight excluding hydrogens is 142 g/mol. The summed E-state index contributed by atoms with van der Waals surface area (Å²) in [6.07, 6.45) is 0. The van der Waals surface area contributed by atoms with Gasteiger partial charge < -0.3 is 14.6 Å². The summed E-state index contributed by atoms with van der Waals surface area (Å²) < 4.78 is 3.77. The first-order valence-corrected chi connectivity index (χ1v) is 2.16. The molecule has 0 rings (SSSR count). The largest absolute Gasteiger partial charge is 1.00 e. The Bertz CT molecular complexity index is 114. The van der Waals surface area contributed by atoms with Gasteiger partial charge in [-0.1, -0.05) is 11.6 Å². The van der Waals surface area contributed by atoms with Gasteiger partial charge in [0.1, 0.15) is 0 Å². The van der Waals surface area contributed by atoms with Crippen LogP contribution in [0.15, 0.2) is 0 Å². The SMILES string of the molecule is O=C([O-])C(=O)OCCl.[Li+]. The van der Waals surface area contributed by atoms with E-state index in [0.29, 0.717) is 0 Å². The molecule has 9 heavy (non-hydrogen) atoms. The van der Waals surface area contributed by atoms with E-state index in [0.717, 1.165) is 0 Å². The molecule has 0 saturated heterocycles. The maximum Gasteiger partial charge on any atom is 1.00 e. The normalized spacial score (nSPS) is 7.22. The number of alkyl halides is 1. The van der Waals surface area contributed by atoms with E-state index in [1.807, 2.05) is 0 Å². The molecule has 46 valence electrons. The molecule has 0 unspecified atom stereocenters. The van der Waals surface area contributed by atoms with E-state index < -0.39 is 18.0 Å². The van der Waals surface area contributed by atoms with Crippen LogP contribution in [-0.2, 0) is 14.3 Å². The molecule has 0 aliphatic heterocycles. The van der Waals surface area contributed by atoms with Crippen LogP contribution in [0.25, 0.3) is 0 Å². The van der Waals surface area contributed by atoms with E-state index >= 15 is 0 Å². The Kier molecular flexibility index (Phi) is 7.68. The zero-order valence-corrected chi connectivity index (χ0v) is 5.47. The molecule has 0 fully saturated rings. The summed E-state index contributed by atoms with van der Waals surface area (Å²) in [5.41, 5.74) is 0. The Balaban J connectivity index is 0. The van der Waals surface area contributed by atoms with E-state index in [4.69, 9.17) is 11.6 Å². The number of ether oxygens (including phenoxy) is 1. The number of rotatable bonds is 1. The number of esters is 1. The van der Waals surface area contributed by atoms with Crippen LogP contribution in [0.4, 0.5) is 0 Å². The molecule has 0 aliphatic carbocycles. The monoisotopic (exact) mass is 144 g/mol. The van der Waals surface area contributed by atoms with Gasteiger partial charge in [-0.15, -0.1) is 0 Å². The van der Waals surface area contributed by atoms with Gasteiger partial charge in [-0.3, -0.25) is 0 Å². The number of hydrogen-bond donors (Lipinski definition) is 0. The van der Waals surface area contributed by atoms with Crippen LogP contribution in [-0.4, -0.2) is 18.0 Å². The van der Waals surface area contributed by atoms with Gasteiger partial charge in [0.15, 0.2) is 12.0 Å². The van der Waals surface area contributed by atoms with Gasteiger partial charge in [-0.25, -0.2) is 4.79 Å². The fraction of sp³-hybridized carbons (Fsp3) is 0.333. The standard InChI is InChI=1S/C3H3ClO4.Li/c4-1-8-3(7)2(5)6;/h1H2,(H,5,6);/q;+1/p-1. The topological polar surface area (TPSA) is 66.4 Å². The van der Waals surface area contributed by atoms with Crippen molar-refractivity contribution in [2.24, 2.45) is 0 Å². The van der Waals surface area contributed by atoms with Gasteiger partial charge in [0, 0.05) is 0 Å². The van der Waals surface area contributed by atoms with Crippen LogP contribution < -0.4 is 24.0 Å². The number of carbonyl (C=O) groups is 2. The van der Waals surface area contributed by atoms with E-state index in [1.165, 1.54) is 0 Å². The minimum absolute atomic E-state index is 0. The molecule has 0 radical (unpaired) electrons. The molecule has 6 heteroatoms. The molecule has 4 nitrogen and oxygen atoms in total. The van der Waals surface area contributed by atoms with Crippen molar-refractivity contribution in [2.75, 3.05) is 6.07 Å². The summed E-state index contributed by atoms with van der Waals surface area (Å²) in [5.74, 6) is -3.33. The number of carbonyl (C=O) groups excluding carboxylic acids is 2. The fourth-order valence-corrected chi connectivity index (χ4v) is 0.208. The maximum atomic E-state index is 9.77. The van der Waals surface area contributed by atoms with Crippen molar-refractivity contribution in [3.63, 3.8) is 0 Å². The van der Waals surface area contributed by atoms with Crippen molar-refractivity contribution in [1.29, 1.82) is 0 Å². The maximum absolute atomic E-state index is 9.77. The van der Waals surface area contributed by atoms with Crippen LogP contribution in [0.3, 0.4) is 0 Å². The second kappa shape index (κ2) is 5.96. The van der Waals surface area contributed by atoms with Crippen molar-refractivity contribution < 1.29 is 38.3 Å². The van der Waals surface area contributed by atoms with Gasteiger partial charge in [0.05, 0.1) is 0 Å². The van der Waals surface area contributed by atoms with Crippen LogP contribution in [0, 0.1) is 0 Å². The number of carboxylic acid groups (broad SMARTS) is 1. The molecule has 0 aromatic rings. The Morgan fingerprint density at radius 3 is 2.11 bits per heavy atom. The molecule has 0 N–H and O–H groups in total. The number of halogens is 1.